The van der Waals surface area contributed by atoms with Crippen LogP contribution in [0.4, 0.5) is 0 Å². The van der Waals surface area contributed by atoms with E-state index in [-0.39, 0.29) is 36.2 Å². The van der Waals surface area contributed by atoms with E-state index in [1.165, 1.54) is 18.2 Å². The van der Waals surface area contributed by atoms with Crippen LogP contribution in [-0.4, -0.2) is 58.0 Å². The summed E-state index contributed by atoms with van der Waals surface area (Å²) in [6.45, 7) is 2.38. The Labute approximate surface area is 110 Å². The molecule has 0 radical (unpaired) electrons. The Bertz CT molecular complexity index is 476. The number of phenolic OH excluding ortho intramolecular Hbond substituents is 2. The summed E-state index contributed by atoms with van der Waals surface area (Å²) in [6, 6.07) is 3.85. The fraction of sp³-hybridized carbons (Fsp3) is 0.462. The Morgan fingerprint density at radius 3 is 2.79 bits per heavy atom. The van der Waals surface area contributed by atoms with E-state index in [1.54, 1.807) is 4.90 Å². The predicted octanol–water partition coefficient (Wildman–Crippen LogP) is 0.320. The fourth-order valence-corrected chi connectivity index (χ4v) is 2.03. The van der Waals surface area contributed by atoms with Crippen LogP contribution in [0.3, 0.4) is 0 Å². The number of aliphatic hydroxyl groups excluding tert-OH is 1. The SMILES string of the molecule is CC1COC(CO)CN1C(=O)c1ccc(O)c(O)c1. The molecular formula is C13H17NO5. The number of hydrogen-bond acceptors (Lipinski definition) is 5. The number of amides is 1. The molecule has 0 saturated carbocycles. The number of carbonyl (C=O) groups is 1. The summed E-state index contributed by atoms with van der Waals surface area (Å²) in [6.07, 6.45) is -0.383. The molecule has 6 heteroatoms. The van der Waals surface area contributed by atoms with E-state index in [4.69, 9.17) is 9.84 Å². The van der Waals surface area contributed by atoms with Crippen molar-refractivity contribution >= 4 is 5.91 Å². The number of ether oxygens (including phenoxy) is 1. The first-order chi connectivity index (χ1) is 9.02. The second kappa shape index (κ2) is 5.46. The molecule has 1 aromatic carbocycles. The first-order valence-corrected chi connectivity index (χ1v) is 6.08. The molecular weight excluding hydrogens is 250 g/mol. The monoisotopic (exact) mass is 267 g/mol. The number of benzene rings is 1. The Hall–Kier alpha value is -1.79. The van der Waals surface area contributed by atoms with Crippen molar-refractivity contribution in [1.82, 2.24) is 4.90 Å². The molecule has 1 saturated heterocycles. The second-order valence-electron chi connectivity index (χ2n) is 4.65. The van der Waals surface area contributed by atoms with Gasteiger partial charge in [0.15, 0.2) is 11.5 Å². The maximum Gasteiger partial charge on any atom is 0.254 e. The van der Waals surface area contributed by atoms with Gasteiger partial charge < -0.3 is 25.0 Å². The van der Waals surface area contributed by atoms with Gasteiger partial charge in [0.1, 0.15) is 0 Å². The molecule has 104 valence electrons. The van der Waals surface area contributed by atoms with Crippen molar-refractivity contribution in [3.63, 3.8) is 0 Å². The number of aliphatic hydroxyl groups is 1. The Balaban J connectivity index is 2.19. The van der Waals surface area contributed by atoms with Crippen LogP contribution in [0.1, 0.15) is 17.3 Å². The van der Waals surface area contributed by atoms with Crippen molar-refractivity contribution in [2.24, 2.45) is 0 Å². The van der Waals surface area contributed by atoms with E-state index in [0.29, 0.717) is 18.7 Å². The van der Waals surface area contributed by atoms with Gasteiger partial charge in [-0.1, -0.05) is 0 Å². The van der Waals surface area contributed by atoms with Gasteiger partial charge in [-0.05, 0) is 25.1 Å². The number of rotatable bonds is 2. The van der Waals surface area contributed by atoms with E-state index >= 15 is 0 Å². The van der Waals surface area contributed by atoms with Crippen molar-refractivity contribution < 1.29 is 24.9 Å². The largest absolute Gasteiger partial charge is 0.504 e. The van der Waals surface area contributed by atoms with Gasteiger partial charge in [0.2, 0.25) is 0 Å². The average Bonchev–Trinajstić information content (AvgIpc) is 2.41. The summed E-state index contributed by atoms with van der Waals surface area (Å²) in [5.41, 5.74) is 0.292. The van der Waals surface area contributed by atoms with Crippen LogP contribution < -0.4 is 0 Å². The summed E-state index contributed by atoms with van der Waals surface area (Å²) in [7, 11) is 0. The molecule has 1 fully saturated rings. The van der Waals surface area contributed by atoms with E-state index in [9.17, 15) is 15.0 Å². The van der Waals surface area contributed by atoms with Crippen molar-refractivity contribution in [1.29, 1.82) is 0 Å². The standard InChI is InChI=1S/C13H17NO5/c1-8-7-19-10(6-15)5-14(8)13(18)9-2-3-11(16)12(17)4-9/h2-4,8,10,15-17H,5-7H2,1H3. The normalized spacial score (nSPS) is 23.4. The van der Waals surface area contributed by atoms with E-state index in [2.05, 4.69) is 0 Å². The smallest absolute Gasteiger partial charge is 0.254 e. The maximum absolute atomic E-state index is 12.3. The molecule has 6 nitrogen and oxygen atoms in total. The minimum absolute atomic E-state index is 0.105. The van der Waals surface area contributed by atoms with Crippen molar-refractivity contribution in [3.8, 4) is 11.5 Å². The molecule has 3 N–H and O–H groups in total. The number of carbonyl (C=O) groups excluding carboxylic acids is 1. The van der Waals surface area contributed by atoms with Crippen LogP contribution in [0.2, 0.25) is 0 Å². The maximum atomic E-state index is 12.3. The highest BCUT2D eigenvalue weighted by molar-refractivity contribution is 5.95. The van der Waals surface area contributed by atoms with Gasteiger partial charge in [-0.25, -0.2) is 0 Å². The van der Waals surface area contributed by atoms with Crippen LogP contribution in [0, 0.1) is 0 Å². The van der Waals surface area contributed by atoms with Gasteiger partial charge in [-0.2, -0.15) is 0 Å². The Kier molecular flexibility index (Phi) is 3.92. The van der Waals surface area contributed by atoms with Gasteiger partial charge >= 0.3 is 0 Å². The molecule has 19 heavy (non-hydrogen) atoms. The van der Waals surface area contributed by atoms with Crippen molar-refractivity contribution in [2.75, 3.05) is 19.8 Å². The first-order valence-electron chi connectivity index (χ1n) is 6.08. The summed E-state index contributed by atoms with van der Waals surface area (Å²) in [5, 5.41) is 27.8. The lowest BCUT2D eigenvalue weighted by Crippen LogP contribution is -2.52. The molecule has 1 aromatic rings. The van der Waals surface area contributed by atoms with Crippen LogP contribution in [0.25, 0.3) is 0 Å². The van der Waals surface area contributed by atoms with E-state index in [0.717, 1.165) is 0 Å². The van der Waals surface area contributed by atoms with Crippen LogP contribution in [0.15, 0.2) is 18.2 Å². The quantitative estimate of drug-likeness (QED) is 0.671. The minimum Gasteiger partial charge on any atom is -0.504 e. The predicted molar refractivity (Wildman–Crippen MR) is 67.1 cm³/mol. The molecule has 1 aliphatic rings. The lowest BCUT2D eigenvalue weighted by molar-refractivity contribution is -0.0667. The number of morpholine rings is 1. The molecule has 0 bridgehead atoms. The third-order valence-electron chi connectivity index (χ3n) is 3.19. The van der Waals surface area contributed by atoms with Gasteiger partial charge in [0, 0.05) is 12.1 Å². The zero-order valence-corrected chi connectivity index (χ0v) is 10.6. The number of phenols is 2. The summed E-state index contributed by atoms with van der Waals surface area (Å²) >= 11 is 0. The molecule has 1 heterocycles. The van der Waals surface area contributed by atoms with Crippen molar-refractivity contribution in [3.05, 3.63) is 23.8 Å². The van der Waals surface area contributed by atoms with Gasteiger partial charge in [-0.3, -0.25) is 4.79 Å². The molecule has 2 rings (SSSR count). The highest BCUT2D eigenvalue weighted by Crippen LogP contribution is 2.26. The average molecular weight is 267 g/mol. The molecule has 0 aromatic heterocycles. The van der Waals surface area contributed by atoms with E-state index < -0.39 is 0 Å². The molecule has 2 unspecified atom stereocenters. The second-order valence-corrected chi connectivity index (χ2v) is 4.65. The van der Waals surface area contributed by atoms with Gasteiger partial charge in [0.25, 0.3) is 5.91 Å². The van der Waals surface area contributed by atoms with Gasteiger partial charge in [-0.15, -0.1) is 0 Å². The molecule has 1 amide bonds. The molecule has 1 aliphatic heterocycles. The fourth-order valence-electron chi connectivity index (χ4n) is 2.03. The highest BCUT2D eigenvalue weighted by Gasteiger charge is 2.30. The molecule has 2 atom stereocenters. The Morgan fingerprint density at radius 2 is 2.16 bits per heavy atom. The summed E-state index contributed by atoms with van der Waals surface area (Å²) in [4.78, 5) is 13.9. The van der Waals surface area contributed by atoms with Crippen molar-refractivity contribution in [2.45, 2.75) is 19.1 Å². The van der Waals surface area contributed by atoms with Gasteiger partial charge in [0.05, 0.1) is 25.4 Å². The lowest BCUT2D eigenvalue weighted by atomic mass is 10.1. The zero-order chi connectivity index (χ0) is 14.0. The first kappa shape index (κ1) is 13.6. The Morgan fingerprint density at radius 1 is 1.42 bits per heavy atom. The third-order valence-corrected chi connectivity index (χ3v) is 3.19. The highest BCUT2D eigenvalue weighted by atomic mass is 16.5. The summed E-state index contributed by atoms with van der Waals surface area (Å²) < 4.78 is 5.37. The molecule has 0 aliphatic carbocycles. The minimum atomic E-state index is -0.383. The number of hydrogen-bond donors (Lipinski definition) is 3. The third kappa shape index (κ3) is 2.80. The van der Waals surface area contributed by atoms with Crippen LogP contribution >= 0.6 is 0 Å². The topological polar surface area (TPSA) is 90.2 Å². The van der Waals surface area contributed by atoms with E-state index in [1.807, 2.05) is 6.92 Å². The number of nitrogens with zero attached hydrogens (tertiary/aromatic N) is 1. The lowest BCUT2D eigenvalue weighted by Gasteiger charge is -2.37. The summed E-state index contributed by atoms with van der Waals surface area (Å²) in [5.74, 6) is -0.852. The van der Waals surface area contributed by atoms with Crippen LogP contribution in [0.5, 0.6) is 11.5 Å². The zero-order valence-electron chi connectivity index (χ0n) is 10.6. The molecule has 0 spiro atoms. The van der Waals surface area contributed by atoms with Crippen LogP contribution in [-0.2, 0) is 4.74 Å². The number of aromatic hydroxyl groups is 2.